The molecule has 0 aliphatic rings. The fraction of sp³-hybridized carbons (Fsp3) is 0.136. The van der Waals surface area contributed by atoms with Crippen molar-refractivity contribution in [1.29, 1.82) is 0 Å². The predicted molar refractivity (Wildman–Crippen MR) is 126 cm³/mol. The van der Waals surface area contributed by atoms with E-state index in [9.17, 15) is 14.4 Å². The molecule has 2 aromatic carbocycles. The second-order valence-corrected chi connectivity index (χ2v) is 8.99. The third kappa shape index (κ3) is 4.30. The Kier molecular flexibility index (Phi) is 5.75. The van der Waals surface area contributed by atoms with E-state index >= 15 is 0 Å². The molecule has 0 saturated carbocycles. The number of nitrogens with one attached hydrogen (secondary N) is 1. The molecule has 158 valence electrons. The fourth-order valence-electron chi connectivity index (χ4n) is 3.52. The molecule has 0 saturated heterocycles. The topological polar surface area (TPSA) is 73.1 Å². The number of nitrogens with zero attached hydrogens (tertiary/aromatic N) is 2. The highest BCUT2D eigenvalue weighted by atomic mass is 35.5. The summed E-state index contributed by atoms with van der Waals surface area (Å²) in [6, 6.07) is 11.8. The third-order valence-corrected chi connectivity index (χ3v) is 6.00. The largest absolute Gasteiger partial charge is 0.336 e. The first-order valence-corrected chi connectivity index (χ1v) is 10.9. The molecule has 4 aromatic rings. The molecule has 31 heavy (non-hydrogen) atoms. The van der Waals surface area contributed by atoms with Gasteiger partial charge in [0.15, 0.2) is 0 Å². The van der Waals surface area contributed by atoms with Gasteiger partial charge in [-0.15, -0.1) is 11.3 Å². The lowest BCUT2D eigenvalue weighted by atomic mass is 10.1. The van der Waals surface area contributed by atoms with E-state index < -0.39 is 17.2 Å². The minimum absolute atomic E-state index is 0.277. The van der Waals surface area contributed by atoms with Crippen LogP contribution < -0.4 is 16.6 Å². The van der Waals surface area contributed by atoms with Gasteiger partial charge in [0.1, 0.15) is 11.2 Å². The molecule has 0 fully saturated rings. The van der Waals surface area contributed by atoms with E-state index in [0.717, 1.165) is 15.7 Å². The number of aromatic nitrogens is 2. The number of benzene rings is 2. The van der Waals surface area contributed by atoms with Crippen molar-refractivity contribution in [3.05, 3.63) is 89.9 Å². The summed E-state index contributed by atoms with van der Waals surface area (Å²) < 4.78 is 2.81. The zero-order chi connectivity index (χ0) is 22.3. The molecule has 0 radical (unpaired) electrons. The van der Waals surface area contributed by atoms with Gasteiger partial charge in [-0.3, -0.25) is 14.2 Å². The SMILES string of the molecule is Cc1cc(C)cc(-n2c(=O)c3sccc3n(CC(=O)Nc3cc(Cl)cc(Cl)c3)c2=O)c1. The van der Waals surface area contributed by atoms with Crippen LogP contribution in [0.3, 0.4) is 0 Å². The highest BCUT2D eigenvalue weighted by Gasteiger charge is 2.18. The molecule has 0 bridgehead atoms. The van der Waals surface area contributed by atoms with Crippen LogP contribution >= 0.6 is 34.5 Å². The van der Waals surface area contributed by atoms with Crippen LogP contribution in [0.2, 0.25) is 10.0 Å². The first kappa shape index (κ1) is 21.4. The molecule has 1 amide bonds. The Morgan fingerprint density at radius 3 is 2.29 bits per heavy atom. The molecule has 2 aromatic heterocycles. The molecule has 2 heterocycles. The number of hydrogen-bond acceptors (Lipinski definition) is 4. The van der Waals surface area contributed by atoms with Crippen molar-refractivity contribution in [1.82, 2.24) is 9.13 Å². The lowest BCUT2D eigenvalue weighted by molar-refractivity contribution is -0.116. The number of fused-ring (bicyclic) bond motifs is 1. The number of thiophene rings is 1. The number of rotatable bonds is 4. The molecule has 0 atom stereocenters. The Morgan fingerprint density at radius 1 is 1.00 bits per heavy atom. The Hall–Kier alpha value is -2.87. The summed E-state index contributed by atoms with van der Waals surface area (Å²) in [6.45, 7) is 3.52. The predicted octanol–water partition coefficient (Wildman–Crippen LogP) is 4.78. The van der Waals surface area contributed by atoms with Crippen molar-refractivity contribution in [2.45, 2.75) is 20.4 Å². The quantitative estimate of drug-likeness (QED) is 0.463. The van der Waals surface area contributed by atoms with Crippen LogP contribution in [0.25, 0.3) is 15.9 Å². The summed E-state index contributed by atoms with van der Waals surface area (Å²) in [5.74, 6) is -0.446. The summed E-state index contributed by atoms with van der Waals surface area (Å²) >= 11 is 13.2. The van der Waals surface area contributed by atoms with Crippen LogP contribution in [0.15, 0.2) is 57.4 Å². The van der Waals surface area contributed by atoms with Crippen molar-refractivity contribution < 1.29 is 4.79 Å². The number of anilines is 1. The monoisotopic (exact) mass is 473 g/mol. The second kappa shape index (κ2) is 8.34. The molecule has 9 heteroatoms. The molecule has 4 rings (SSSR count). The van der Waals surface area contributed by atoms with Crippen molar-refractivity contribution >= 4 is 56.3 Å². The van der Waals surface area contributed by atoms with E-state index in [2.05, 4.69) is 5.32 Å². The summed E-state index contributed by atoms with van der Waals surface area (Å²) in [6.07, 6.45) is 0. The Morgan fingerprint density at radius 2 is 1.65 bits per heavy atom. The van der Waals surface area contributed by atoms with Gasteiger partial charge in [0.2, 0.25) is 5.91 Å². The molecule has 0 spiro atoms. The van der Waals surface area contributed by atoms with Crippen molar-refractivity contribution in [2.24, 2.45) is 0 Å². The Bertz CT molecular complexity index is 1410. The van der Waals surface area contributed by atoms with Gasteiger partial charge < -0.3 is 5.32 Å². The second-order valence-electron chi connectivity index (χ2n) is 7.20. The van der Waals surface area contributed by atoms with Gasteiger partial charge in [-0.2, -0.15) is 0 Å². The number of hydrogen-bond donors (Lipinski definition) is 1. The third-order valence-electron chi connectivity index (χ3n) is 4.67. The highest BCUT2D eigenvalue weighted by Crippen LogP contribution is 2.23. The van der Waals surface area contributed by atoms with Gasteiger partial charge in [-0.1, -0.05) is 29.3 Å². The molecule has 6 nitrogen and oxygen atoms in total. The standard InChI is InChI=1S/C22H17Cl2N3O3S/c1-12-5-13(2)7-17(6-12)27-21(29)20-18(3-4-31-20)26(22(27)30)11-19(28)25-16-9-14(23)8-15(24)10-16/h3-10H,11H2,1-2H3,(H,25,28). The van der Waals surface area contributed by atoms with Crippen LogP contribution in [0.5, 0.6) is 0 Å². The van der Waals surface area contributed by atoms with Gasteiger partial charge in [-0.25, -0.2) is 9.36 Å². The average Bonchev–Trinajstić information content (AvgIpc) is 3.13. The normalized spacial score (nSPS) is 11.1. The molecule has 0 unspecified atom stereocenters. The summed E-state index contributed by atoms with van der Waals surface area (Å²) in [5, 5.41) is 5.18. The first-order valence-electron chi connectivity index (χ1n) is 9.30. The van der Waals surface area contributed by atoms with Gasteiger partial charge in [0, 0.05) is 15.7 Å². The van der Waals surface area contributed by atoms with Gasteiger partial charge in [-0.05, 0) is 66.8 Å². The number of halogens is 2. The average molecular weight is 474 g/mol. The Labute approximate surface area is 191 Å². The van der Waals surface area contributed by atoms with E-state index in [0.29, 0.717) is 31.6 Å². The van der Waals surface area contributed by atoms with E-state index in [-0.39, 0.29) is 6.54 Å². The van der Waals surface area contributed by atoms with Crippen LogP contribution in [0.1, 0.15) is 11.1 Å². The highest BCUT2D eigenvalue weighted by molar-refractivity contribution is 7.17. The van der Waals surface area contributed by atoms with Crippen LogP contribution in [0, 0.1) is 13.8 Å². The van der Waals surface area contributed by atoms with Crippen molar-refractivity contribution in [3.63, 3.8) is 0 Å². The number of carbonyl (C=O) groups excluding carboxylic acids is 1. The smallest absolute Gasteiger partial charge is 0.324 e. The van der Waals surface area contributed by atoms with Crippen LogP contribution in [-0.2, 0) is 11.3 Å². The lowest BCUT2D eigenvalue weighted by Crippen LogP contribution is -2.40. The van der Waals surface area contributed by atoms with Crippen LogP contribution in [-0.4, -0.2) is 15.0 Å². The van der Waals surface area contributed by atoms with Crippen molar-refractivity contribution in [2.75, 3.05) is 5.32 Å². The number of amides is 1. The minimum atomic E-state index is -0.583. The molecule has 0 aliphatic heterocycles. The maximum atomic E-state index is 13.3. The molecule has 1 N–H and O–H groups in total. The maximum Gasteiger partial charge on any atom is 0.336 e. The van der Waals surface area contributed by atoms with E-state index in [1.807, 2.05) is 19.9 Å². The first-order chi connectivity index (χ1) is 14.7. The molecular formula is C22H17Cl2N3O3S. The minimum Gasteiger partial charge on any atom is -0.324 e. The van der Waals surface area contributed by atoms with Gasteiger partial charge in [0.05, 0.1) is 11.2 Å². The van der Waals surface area contributed by atoms with E-state index in [4.69, 9.17) is 23.2 Å². The number of aryl methyl sites for hydroxylation is 2. The zero-order valence-electron chi connectivity index (χ0n) is 16.6. The Balaban J connectivity index is 1.81. The lowest BCUT2D eigenvalue weighted by Gasteiger charge is -2.13. The number of carbonyl (C=O) groups is 1. The van der Waals surface area contributed by atoms with Gasteiger partial charge in [0.25, 0.3) is 5.56 Å². The summed E-state index contributed by atoms with van der Waals surface area (Å²) in [5.41, 5.74) is 2.17. The van der Waals surface area contributed by atoms with E-state index in [1.165, 1.54) is 15.9 Å². The van der Waals surface area contributed by atoms with Crippen LogP contribution in [0.4, 0.5) is 5.69 Å². The molecule has 0 aliphatic carbocycles. The maximum absolute atomic E-state index is 13.3. The summed E-state index contributed by atoms with van der Waals surface area (Å²) in [7, 11) is 0. The zero-order valence-corrected chi connectivity index (χ0v) is 18.9. The molecular weight excluding hydrogens is 457 g/mol. The fourth-order valence-corrected chi connectivity index (χ4v) is 4.87. The summed E-state index contributed by atoms with van der Waals surface area (Å²) in [4.78, 5) is 39.1. The van der Waals surface area contributed by atoms with Crippen molar-refractivity contribution in [3.8, 4) is 5.69 Å². The van der Waals surface area contributed by atoms with E-state index in [1.54, 1.807) is 41.8 Å². The van der Waals surface area contributed by atoms with Gasteiger partial charge >= 0.3 is 5.69 Å².